The number of carbonyl (C=O) groups excluding carboxylic acids is 1. The molecule has 0 aromatic rings. The molecule has 0 saturated carbocycles. The van der Waals surface area contributed by atoms with Crippen LogP contribution in [0, 0.1) is 0 Å². The average Bonchev–Trinajstić information content (AvgIpc) is 1.63. The summed E-state index contributed by atoms with van der Waals surface area (Å²) >= 11 is 7.07. The van der Waals surface area contributed by atoms with E-state index in [-0.39, 0.29) is 29.6 Å². The van der Waals surface area contributed by atoms with Crippen LogP contribution in [-0.4, -0.2) is 45.6 Å². The van der Waals surface area contributed by atoms with E-state index in [9.17, 15) is 4.79 Å². The third-order valence-electron chi connectivity index (χ3n) is 0.450. The Balaban J connectivity index is 0. The first-order valence-corrected chi connectivity index (χ1v) is 2.98. The van der Waals surface area contributed by atoms with E-state index in [4.69, 9.17) is 5.73 Å². The Morgan fingerprint density at radius 1 is 1.70 bits per heavy atom. The van der Waals surface area contributed by atoms with Crippen molar-refractivity contribution in [2.75, 3.05) is 0 Å². The molecular weight excluding hydrogens is 183 g/mol. The van der Waals surface area contributed by atoms with E-state index in [1.54, 1.807) is 0 Å². The Morgan fingerprint density at radius 2 is 2.10 bits per heavy atom. The van der Waals surface area contributed by atoms with Crippen LogP contribution in [0.15, 0.2) is 0 Å². The first-order valence-electron chi connectivity index (χ1n) is 2.18. The number of carbonyl (C=O) groups is 1. The van der Waals surface area contributed by atoms with E-state index < -0.39 is 12.3 Å². The van der Waals surface area contributed by atoms with Gasteiger partial charge in [-0.05, 0) is 32.6 Å². The molecule has 1 unspecified atom stereocenters. The summed E-state index contributed by atoms with van der Waals surface area (Å²) < 4.78 is 5.14. The van der Waals surface area contributed by atoms with Crippen LogP contribution >= 0.6 is 25.6 Å². The summed E-state index contributed by atoms with van der Waals surface area (Å²) in [6, 6.07) is 0. The van der Waals surface area contributed by atoms with Gasteiger partial charge in [-0.15, -0.1) is 0 Å². The Morgan fingerprint density at radius 3 is 2.20 bits per heavy atom. The molecule has 56 valence electrons. The fraction of sp³-hybridized carbons (Fsp3) is 0.667. The molecule has 2 N–H and O–H groups in total. The number of rotatable bonds is 1. The predicted octanol–water partition coefficient (Wildman–Crippen LogP) is -0.229. The fourth-order valence-corrected chi connectivity index (χ4v) is 0.300. The van der Waals surface area contributed by atoms with Crippen LogP contribution in [-0.2, 0) is 4.74 Å². The first-order chi connectivity index (χ1) is 4.04. The van der Waals surface area contributed by atoms with Crippen LogP contribution in [0.2, 0.25) is 0 Å². The molecule has 0 aromatic carbocycles. The normalized spacial score (nSPS) is 11.2. The van der Waals surface area contributed by atoms with Crippen molar-refractivity contribution >= 4 is 61.3 Å². The number of nitrogens with zero attached hydrogens (tertiary/aromatic N) is 1. The van der Waals surface area contributed by atoms with E-state index in [0.29, 0.717) is 3.71 Å². The van der Waals surface area contributed by atoms with Crippen molar-refractivity contribution in [3.8, 4) is 0 Å². The van der Waals surface area contributed by atoms with Crippen LogP contribution in [0.3, 0.4) is 0 Å². The van der Waals surface area contributed by atoms with Gasteiger partial charge in [0.05, 0.1) is 0 Å². The standard InChI is InChI=1S/C3H8N2O2S2.Na.H/c1-2(4)7-3(6)5(8)9;;/h2,8-9H,4H2,1H3;;. The van der Waals surface area contributed by atoms with E-state index in [1.807, 2.05) is 0 Å². The van der Waals surface area contributed by atoms with Gasteiger partial charge < -0.3 is 4.74 Å². The molecule has 0 aliphatic heterocycles. The van der Waals surface area contributed by atoms with Gasteiger partial charge in [-0.3, -0.25) is 5.73 Å². The zero-order valence-electron chi connectivity index (χ0n) is 4.81. The van der Waals surface area contributed by atoms with Crippen LogP contribution in [0.25, 0.3) is 0 Å². The third-order valence-corrected chi connectivity index (χ3v) is 0.777. The fourth-order valence-electron chi connectivity index (χ4n) is 0.206. The minimum atomic E-state index is -0.684. The summed E-state index contributed by atoms with van der Waals surface area (Å²) in [5.74, 6) is 0. The summed E-state index contributed by atoms with van der Waals surface area (Å²) in [4.78, 5) is 10.4. The molecule has 0 aliphatic carbocycles. The molecule has 7 heteroatoms. The Labute approximate surface area is 92.8 Å². The molecule has 0 radical (unpaired) electrons. The number of amides is 1. The van der Waals surface area contributed by atoms with Gasteiger partial charge >= 0.3 is 35.7 Å². The van der Waals surface area contributed by atoms with Crippen molar-refractivity contribution in [3.05, 3.63) is 0 Å². The predicted molar refractivity (Wildman–Crippen MR) is 47.1 cm³/mol. The molecule has 0 rings (SSSR count). The van der Waals surface area contributed by atoms with E-state index in [2.05, 4.69) is 30.4 Å². The molecule has 4 nitrogen and oxygen atoms in total. The summed E-state index contributed by atoms with van der Waals surface area (Å²) in [5.41, 5.74) is 5.09. The summed E-state index contributed by atoms with van der Waals surface area (Å²) in [5, 5.41) is 0. The van der Waals surface area contributed by atoms with Gasteiger partial charge in [0, 0.05) is 0 Å². The average molecular weight is 192 g/mol. The Kier molecular flexibility index (Phi) is 8.96. The second-order valence-electron chi connectivity index (χ2n) is 1.38. The second kappa shape index (κ2) is 6.63. The topological polar surface area (TPSA) is 55.6 Å². The van der Waals surface area contributed by atoms with Gasteiger partial charge in [0.25, 0.3) is 0 Å². The minimum absolute atomic E-state index is 0. The third kappa shape index (κ3) is 7.04. The number of hydrogen-bond donors (Lipinski definition) is 3. The molecule has 10 heavy (non-hydrogen) atoms. The van der Waals surface area contributed by atoms with Crippen LogP contribution < -0.4 is 5.73 Å². The van der Waals surface area contributed by atoms with E-state index >= 15 is 0 Å². The van der Waals surface area contributed by atoms with Crippen molar-refractivity contribution < 1.29 is 9.53 Å². The zero-order valence-corrected chi connectivity index (χ0v) is 6.60. The van der Waals surface area contributed by atoms with Crippen molar-refractivity contribution in [1.29, 1.82) is 0 Å². The molecular formula is C3H9N2NaO2S2. The molecule has 0 aliphatic rings. The van der Waals surface area contributed by atoms with Crippen LogP contribution in [0.1, 0.15) is 6.92 Å². The van der Waals surface area contributed by atoms with Crippen molar-refractivity contribution in [3.63, 3.8) is 0 Å². The summed E-state index contributed by atoms with van der Waals surface area (Å²) in [6.07, 6.45) is -1.31. The maximum absolute atomic E-state index is 10.4. The quantitative estimate of drug-likeness (QED) is 0.305. The molecule has 0 aromatic heterocycles. The van der Waals surface area contributed by atoms with Gasteiger partial charge in [-0.2, -0.15) is 3.71 Å². The number of nitrogens with two attached hydrogens (primary N) is 1. The first kappa shape index (κ1) is 13.5. The van der Waals surface area contributed by atoms with Crippen molar-refractivity contribution in [1.82, 2.24) is 3.71 Å². The van der Waals surface area contributed by atoms with Crippen LogP contribution in [0.4, 0.5) is 4.79 Å². The van der Waals surface area contributed by atoms with E-state index in [0.717, 1.165) is 0 Å². The summed E-state index contributed by atoms with van der Waals surface area (Å²) in [7, 11) is 0. The Bertz CT molecular complexity index is 111. The van der Waals surface area contributed by atoms with Gasteiger partial charge in [0.2, 0.25) is 0 Å². The van der Waals surface area contributed by atoms with E-state index in [1.165, 1.54) is 6.92 Å². The number of thiol groups is 2. The van der Waals surface area contributed by atoms with Gasteiger partial charge in [0.15, 0.2) is 0 Å². The van der Waals surface area contributed by atoms with Gasteiger partial charge in [-0.1, -0.05) is 0 Å². The van der Waals surface area contributed by atoms with Crippen molar-refractivity contribution in [2.45, 2.75) is 13.2 Å². The summed E-state index contributed by atoms with van der Waals surface area (Å²) in [6.45, 7) is 1.53. The SMILES string of the molecule is CC(N)OC(=O)N(S)S.[NaH]. The zero-order chi connectivity index (χ0) is 7.44. The molecule has 1 amide bonds. The number of ether oxygens (including phenoxy) is 1. The monoisotopic (exact) mass is 192 g/mol. The molecule has 0 heterocycles. The molecule has 0 saturated heterocycles. The second-order valence-corrected chi connectivity index (χ2v) is 2.49. The van der Waals surface area contributed by atoms with Gasteiger partial charge in [-0.25, -0.2) is 4.79 Å². The molecule has 1 atom stereocenters. The van der Waals surface area contributed by atoms with Crippen LogP contribution in [0.5, 0.6) is 0 Å². The Hall–Kier alpha value is 0.930. The molecule has 0 spiro atoms. The molecule has 0 bridgehead atoms. The maximum atomic E-state index is 10.4. The van der Waals surface area contributed by atoms with Gasteiger partial charge in [0.1, 0.15) is 6.23 Å². The molecule has 0 fully saturated rings. The van der Waals surface area contributed by atoms with Crippen molar-refractivity contribution in [2.24, 2.45) is 5.73 Å². The number of hydrogen-bond acceptors (Lipinski definition) is 5.